The van der Waals surface area contributed by atoms with E-state index in [1.54, 1.807) is 6.92 Å². The largest absolute Gasteiger partial charge is 0.286 e. The summed E-state index contributed by atoms with van der Waals surface area (Å²) >= 11 is 0. The fourth-order valence-electron chi connectivity index (χ4n) is 0.982. The van der Waals surface area contributed by atoms with E-state index in [9.17, 15) is 20.2 Å². The summed E-state index contributed by atoms with van der Waals surface area (Å²) in [7, 11) is 0. The molecule has 0 heterocycles. The summed E-state index contributed by atoms with van der Waals surface area (Å²) in [4.78, 5) is 20.2. The molecule has 13 heavy (non-hydrogen) atoms. The molecule has 1 atom stereocenters. The number of hydrogen-bond donors (Lipinski definition) is 0. The van der Waals surface area contributed by atoms with Crippen LogP contribution in [0.2, 0.25) is 0 Å². The third-order valence-corrected chi connectivity index (χ3v) is 2.87. The van der Waals surface area contributed by atoms with Crippen molar-refractivity contribution in [2.75, 3.05) is 0 Å². The zero-order valence-corrected chi connectivity index (χ0v) is 8.23. The Balaban J connectivity index is 5.19. The van der Waals surface area contributed by atoms with Crippen LogP contribution in [0, 0.1) is 20.2 Å². The van der Waals surface area contributed by atoms with Crippen LogP contribution in [0.5, 0.6) is 0 Å². The zero-order chi connectivity index (χ0) is 10.9. The predicted octanol–water partition coefficient (Wildman–Crippen LogP) is 1.49. The molecule has 0 aliphatic heterocycles. The van der Waals surface area contributed by atoms with Crippen molar-refractivity contribution < 1.29 is 9.85 Å². The van der Waals surface area contributed by atoms with E-state index in [0.29, 0.717) is 0 Å². The number of rotatable bonds is 4. The normalized spacial score (nSPS) is 16.3. The summed E-state index contributed by atoms with van der Waals surface area (Å²) in [6, 6.07) is 0. The molecule has 6 heteroatoms. The first-order chi connectivity index (χ1) is 5.70. The smallest absolute Gasteiger partial charge is 0.264 e. The van der Waals surface area contributed by atoms with E-state index in [4.69, 9.17) is 0 Å². The molecule has 0 aromatic rings. The van der Waals surface area contributed by atoms with Gasteiger partial charge in [-0.1, -0.05) is 6.92 Å². The number of nitrogens with zero attached hydrogens (tertiary/aromatic N) is 2. The highest BCUT2D eigenvalue weighted by Crippen LogP contribution is 2.30. The first kappa shape index (κ1) is 11.8. The minimum absolute atomic E-state index is 0.133. The van der Waals surface area contributed by atoms with Crippen LogP contribution in [0.25, 0.3) is 0 Å². The lowest BCUT2D eigenvalue weighted by Crippen LogP contribution is -2.57. The van der Waals surface area contributed by atoms with Gasteiger partial charge in [0.25, 0.3) is 11.1 Å². The van der Waals surface area contributed by atoms with Gasteiger partial charge in [0.05, 0.1) is 0 Å². The van der Waals surface area contributed by atoms with Crippen LogP contribution in [0.4, 0.5) is 0 Å². The van der Waals surface area contributed by atoms with E-state index >= 15 is 0 Å². The SMILES string of the molecule is CC[C@@](C)([N+](=O)[O-])C(C)(C)[N+](=O)[O-]. The van der Waals surface area contributed by atoms with Crippen LogP contribution >= 0.6 is 0 Å². The van der Waals surface area contributed by atoms with Crippen molar-refractivity contribution in [3.63, 3.8) is 0 Å². The molecule has 6 nitrogen and oxygen atoms in total. The first-order valence-electron chi connectivity index (χ1n) is 3.99. The zero-order valence-electron chi connectivity index (χ0n) is 8.23. The molecular weight excluding hydrogens is 176 g/mol. The summed E-state index contributed by atoms with van der Waals surface area (Å²) in [5, 5.41) is 21.3. The van der Waals surface area contributed by atoms with Crippen LogP contribution in [0.1, 0.15) is 34.1 Å². The van der Waals surface area contributed by atoms with E-state index in [1.165, 1.54) is 20.8 Å². The highest BCUT2D eigenvalue weighted by Gasteiger charge is 2.59. The number of hydrogen-bond acceptors (Lipinski definition) is 4. The lowest BCUT2D eigenvalue weighted by Gasteiger charge is -2.28. The van der Waals surface area contributed by atoms with Crippen molar-refractivity contribution >= 4 is 0 Å². The van der Waals surface area contributed by atoms with Gasteiger partial charge in [0.2, 0.25) is 0 Å². The molecule has 0 saturated heterocycles. The Kier molecular flexibility index (Phi) is 2.97. The Labute approximate surface area is 76.2 Å². The van der Waals surface area contributed by atoms with Crippen molar-refractivity contribution in [1.29, 1.82) is 0 Å². The molecule has 0 unspecified atom stereocenters. The van der Waals surface area contributed by atoms with Crippen LogP contribution < -0.4 is 0 Å². The molecule has 0 saturated carbocycles. The predicted molar refractivity (Wildman–Crippen MR) is 46.8 cm³/mol. The van der Waals surface area contributed by atoms with Gasteiger partial charge in [-0.05, 0) is 0 Å². The van der Waals surface area contributed by atoms with Gasteiger partial charge in [-0.25, -0.2) is 0 Å². The molecular formula is C7H14N2O4. The van der Waals surface area contributed by atoms with Crippen LogP contribution in [-0.2, 0) is 0 Å². The summed E-state index contributed by atoms with van der Waals surface area (Å²) in [5.74, 6) is 0. The second-order valence-corrected chi connectivity index (χ2v) is 3.70. The second kappa shape index (κ2) is 3.27. The van der Waals surface area contributed by atoms with Crippen LogP contribution in [-0.4, -0.2) is 20.9 Å². The van der Waals surface area contributed by atoms with Gasteiger partial charge in [0.1, 0.15) is 0 Å². The van der Waals surface area contributed by atoms with Crippen molar-refractivity contribution in [3.8, 4) is 0 Å². The van der Waals surface area contributed by atoms with Crippen molar-refractivity contribution in [2.24, 2.45) is 0 Å². The van der Waals surface area contributed by atoms with E-state index < -0.39 is 20.9 Å². The maximum atomic E-state index is 10.7. The van der Waals surface area contributed by atoms with E-state index in [-0.39, 0.29) is 6.42 Å². The van der Waals surface area contributed by atoms with E-state index in [0.717, 1.165) is 0 Å². The third-order valence-electron chi connectivity index (χ3n) is 2.87. The highest BCUT2D eigenvalue weighted by molar-refractivity contribution is 4.89. The van der Waals surface area contributed by atoms with Crippen molar-refractivity contribution in [1.82, 2.24) is 0 Å². The summed E-state index contributed by atoms with van der Waals surface area (Å²) < 4.78 is 0. The van der Waals surface area contributed by atoms with Gasteiger partial charge in [-0.2, -0.15) is 0 Å². The minimum atomic E-state index is -1.55. The average molecular weight is 190 g/mol. The van der Waals surface area contributed by atoms with Gasteiger partial charge in [-0.15, -0.1) is 0 Å². The Hall–Kier alpha value is -1.20. The van der Waals surface area contributed by atoms with Gasteiger partial charge < -0.3 is 0 Å². The molecule has 0 fully saturated rings. The van der Waals surface area contributed by atoms with Gasteiger partial charge in [0, 0.05) is 37.0 Å². The van der Waals surface area contributed by atoms with Gasteiger partial charge >= 0.3 is 0 Å². The highest BCUT2D eigenvalue weighted by atomic mass is 16.6. The summed E-state index contributed by atoms with van der Waals surface area (Å²) in [6.45, 7) is 5.43. The minimum Gasteiger partial charge on any atom is -0.264 e. The fourth-order valence-corrected chi connectivity index (χ4v) is 0.982. The number of nitro groups is 2. The van der Waals surface area contributed by atoms with Gasteiger partial charge in [-0.3, -0.25) is 20.2 Å². The molecule has 0 bridgehead atoms. The van der Waals surface area contributed by atoms with Crippen molar-refractivity contribution in [3.05, 3.63) is 20.2 Å². The van der Waals surface area contributed by atoms with Crippen LogP contribution in [0.15, 0.2) is 0 Å². The second-order valence-electron chi connectivity index (χ2n) is 3.70. The van der Waals surface area contributed by atoms with Crippen LogP contribution in [0.3, 0.4) is 0 Å². The molecule has 0 aromatic heterocycles. The van der Waals surface area contributed by atoms with E-state index in [2.05, 4.69) is 0 Å². The molecule has 0 spiro atoms. The third kappa shape index (κ3) is 1.61. The van der Waals surface area contributed by atoms with E-state index in [1.807, 2.05) is 0 Å². The van der Waals surface area contributed by atoms with Gasteiger partial charge in [0.15, 0.2) is 0 Å². The fraction of sp³-hybridized carbons (Fsp3) is 1.00. The molecule has 0 N–H and O–H groups in total. The molecule has 76 valence electrons. The monoisotopic (exact) mass is 190 g/mol. The molecule has 0 amide bonds. The summed E-state index contributed by atoms with van der Waals surface area (Å²) in [5.41, 5.74) is -3.07. The lowest BCUT2D eigenvalue weighted by molar-refractivity contribution is -0.677. The maximum Gasteiger partial charge on any atom is 0.286 e. The molecule has 0 aliphatic carbocycles. The maximum absolute atomic E-state index is 10.7. The van der Waals surface area contributed by atoms with Crippen molar-refractivity contribution in [2.45, 2.75) is 45.2 Å². The summed E-state index contributed by atoms with van der Waals surface area (Å²) in [6.07, 6.45) is 0.133. The molecule has 0 aliphatic rings. The molecule has 0 aromatic carbocycles. The first-order valence-corrected chi connectivity index (χ1v) is 3.99. The quantitative estimate of drug-likeness (QED) is 0.496. The Morgan fingerprint density at radius 2 is 1.46 bits per heavy atom. The Morgan fingerprint density at radius 1 is 1.08 bits per heavy atom. The Morgan fingerprint density at radius 3 is 1.54 bits per heavy atom. The molecule has 0 radical (unpaired) electrons. The lowest BCUT2D eigenvalue weighted by atomic mass is 9.80. The Bertz CT molecular complexity index is 239. The standard InChI is InChI=1S/C7H14N2O4/c1-5-7(4,9(12)13)6(2,3)8(10)11/h5H2,1-4H3/t7-/m1/s1. The molecule has 0 rings (SSSR count). The average Bonchev–Trinajstić information content (AvgIpc) is 2.01. The topological polar surface area (TPSA) is 86.3 Å².